The van der Waals surface area contributed by atoms with E-state index in [0.29, 0.717) is 0 Å². The highest BCUT2D eigenvalue weighted by atomic mass is 32.1. The van der Waals surface area contributed by atoms with Gasteiger partial charge in [0.1, 0.15) is 0 Å². The predicted molar refractivity (Wildman–Crippen MR) is 64.3 cm³/mol. The highest BCUT2D eigenvalue weighted by Crippen LogP contribution is 2.18. The fraction of sp³-hybridized carbons (Fsp3) is 0.364. The van der Waals surface area contributed by atoms with Gasteiger partial charge < -0.3 is 5.32 Å². The van der Waals surface area contributed by atoms with Gasteiger partial charge in [-0.25, -0.2) is 0 Å². The summed E-state index contributed by atoms with van der Waals surface area (Å²) in [6.45, 7) is 5.04. The van der Waals surface area contributed by atoms with Crippen LogP contribution in [0.5, 0.6) is 0 Å². The third-order valence-corrected chi connectivity index (χ3v) is 3.44. The number of thiophene rings is 1. The Balaban J connectivity index is 2.05. The molecule has 15 heavy (non-hydrogen) atoms. The minimum absolute atomic E-state index is 0.885. The molecule has 0 amide bonds. The Kier molecular flexibility index (Phi) is 2.77. The molecule has 2 rings (SSSR count). The van der Waals surface area contributed by atoms with Gasteiger partial charge >= 0.3 is 0 Å². The predicted octanol–water partition coefficient (Wildman–Crippen LogP) is 2.71. The Morgan fingerprint density at radius 1 is 1.47 bits per heavy atom. The monoisotopic (exact) mass is 221 g/mol. The summed E-state index contributed by atoms with van der Waals surface area (Å²) in [6.07, 6.45) is 2.01. The first-order valence-corrected chi connectivity index (χ1v) is 5.82. The number of hydrogen-bond acceptors (Lipinski definition) is 3. The highest BCUT2D eigenvalue weighted by Gasteiger charge is 2.04. The molecule has 0 aliphatic carbocycles. The lowest BCUT2D eigenvalue weighted by Gasteiger charge is -2.03. The summed E-state index contributed by atoms with van der Waals surface area (Å²) >= 11 is 1.79. The Bertz CT molecular complexity index is 456. The first-order valence-electron chi connectivity index (χ1n) is 4.94. The van der Waals surface area contributed by atoms with E-state index in [1.54, 1.807) is 11.3 Å². The minimum Gasteiger partial charge on any atom is -0.377 e. The molecule has 0 aliphatic heterocycles. The van der Waals surface area contributed by atoms with E-state index in [2.05, 4.69) is 28.8 Å². The van der Waals surface area contributed by atoms with E-state index in [1.165, 1.54) is 10.4 Å². The summed E-state index contributed by atoms with van der Waals surface area (Å²) in [7, 11) is 1.94. The average molecular weight is 221 g/mol. The van der Waals surface area contributed by atoms with Gasteiger partial charge in [0, 0.05) is 24.7 Å². The number of aromatic nitrogens is 2. The third-order valence-electron chi connectivity index (χ3n) is 2.42. The number of nitrogens with zero attached hydrogens (tertiary/aromatic N) is 2. The van der Waals surface area contributed by atoms with Crippen LogP contribution in [0.25, 0.3) is 0 Å². The molecule has 2 aromatic heterocycles. The maximum atomic E-state index is 4.29. The molecule has 0 atom stereocenters. The quantitative estimate of drug-likeness (QED) is 0.863. The van der Waals surface area contributed by atoms with Crippen LogP contribution < -0.4 is 5.32 Å². The van der Waals surface area contributed by atoms with E-state index in [1.807, 2.05) is 24.9 Å². The van der Waals surface area contributed by atoms with Gasteiger partial charge in [-0.2, -0.15) is 5.10 Å². The zero-order valence-corrected chi connectivity index (χ0v) is 10.1. The Morgan fingerprint density at radius 2 is 2.27 bits per heavy atom. The molecule has 0 radical (unpaired) electrons. The van der Waals surface area contributed by atoms with Crippen LogP contribution in [0.2, 0.25) is 0 Å². The molecule has 4 heteroatoms. The van der Waals surface area contributed by atoms with Crippen molar-refractivity contribution in [1.82, 2.24) is 9.78 Å². The Hall–Kier alpha value is -1.29. The van der Waals surface area contributed by atoms with Crippen molar-refractivity contribution in [3.05, 3.63) is 33.8 Å². The smallest absolute Gasteiger partial charge is 0.0825 e. The molecular formula is C11H15N3S. The second-order valence-corrected chi connectivity index (χ2v) is 4.68. The van der Waals surface area contributed by atoms with E-state index >= 15 is 0 Å². The molecule has 1 N–H and O–H groups in total. The van der Waals surface area contributed by atoms with E-state index in [9.17, 15) is 0 Å². The lowest BCUT2D eigenvalue weighted by molar-refractivity contribution is 0.756. The average Bonchev–Trinajstić information content (AvgIpc) is 2.70. The van der Waals surface area contributed by atoms with Crippen molar-refractivity contribution in [2.45, 2.75) is 20.4 Å². The summed E-state index contributed by atoms with van der Waals surface area (Å²) in [6, 6.07) is 2.15. The largest absolute Gasteiger partial charge is 0.377 e. The van der Waals surface area contributed by atoms with Crippen LogP contribution in [0.4, 0.5) is 5.69 Å². The van der Waals surface area contributed by atoms with E-state index in [-0.39, 0.29) is 0 Å². The molecule has 0 saturated carbocycles. The third kappa shape index (κ3) is 2.21. The van der Waals surface area contributed by atoms with E-state index < -0.39 is 0 Å². The first-order chi connectivity index (χ1) is 7.16. The topological polar surface area (TPSA) is 29.9 Å². The zero-order chi connectivity index (χ0) is 10.8. The maximum absolute atomic E-state index is 4.29. The maximum Gasteiger partial charge on any atom is 0.0825 e. The first kappa shape index (κ1) is 10.2. The summed E-state index contributed by atoms with van der Waals surface area (Å²) < 4.78 is 1.83. The fourth-order valence-electron chi connectivity index (χ4n) is 1.53. The van der Waals surface area contributed by atoms with Crippen molar-refractivity contribution in [2.75, 3.05) is 5.32 Å². The summed E-state index contributed by atoms with van der Waals surface area (Å²) in [5.41, 5.74) is 3.52. The molecule has 3 nitrogen and oxygen atoms in total. The van der Waals surface area contributed by atoms with Gasteiger partial charge in [0.25, 0.3) is 0 Å². The second-order valence-electron chi connectivity index (χ2n) is 3.68. The molecule has 2 heterocycles. The van der Waals surface area contributed by atoms with E-state index in [4.69, 9.17) is 0 Å². The van der Waals surface area contributed by atoms with Crippen molar-refractivity contribution in [3.63, 3.8) is 0 Å². The number of anilines is 1. The minimum atomic E-state index is 0.885. The molecule has 0 fully saturated rings. The standard InChI is InChI=1S/C11H15N3S/c1-8-4-5-15-11(8)6-12-10-7-14(3)13-9(10)2/h4-5,7,12H,6H2,1-3H3. The Morgan fingerprint density at radius 3 is 2.80 bits per heavy atom. The summed E-state index contributed by atoms with van der Waals surface area (Å²) in [5.74, 6) is 0. The van der Waals surface area contributed by atoms with Gasteiger partial charge in [-0.05, 0) is 30.9 Å². The molecule has 2 aromatic rings. The van der Waals surface area contributed by atoms with Crippen molar-refractivity contribution in [3.8, 4) is 0 Å². The molecule has 0 saturated heterocycles. The molecule has 0 unspecified atom stereocenters. The van der Waals surface area contributed by atoms with Crippen molar-refractivity contribution in [2.24, 2.45) is 7.05 Å². The van der Waals surface area contributed by atoms with Gasteiger partial charge in [0.2, 0.25) is 0 Å². The second kappa shape index (κ2) is 4.06. The number of nitrogens with one attached hydrogen (secondary N) is 1. The van der Waals surface area contributed by atoms with E-state index in [0.717, 1.165) is 17.9 Å². The number of aryl methyl sites for hydroxylation is 3. The van der Waals surface area contributed by atoms with Crippen molar-refractivity contribution >= 4 is 17.0 Å². The SMILES string of the molecule is Cc1ccsc1CNc1cn(C)nc1C. The van der Waals surface area contributed by atoms with Gasteiger partial charge in [-0.3, -0.25) is 4.68 Å². The molecule has 0 bridgehead atoms. The molecular weight excluding hydrogens is 206 g/mol. The summed E-state index contributed by atoms with van der Waals surface area (Å²) in [5, 5.41) is 9.82. The van der Waals surface area contributed by atoms with Gasteiger partial charge in [0.05, 0.1) is 11.4 Å². The van der Waals surface area contributed by atoms with Crippen LogP contribution in [0, 0.1) is 13.8 Å². The van der Waals surface area contributed by atoms with Crippen LogP contribution in [0.1, 0.15) is 16.1 Å². The lowest BCUT2D eigenvalue weighted by Crippen LogP contribution is -1.98. The van der Waals surface area contributed by atoms with Crippen LogP contribution in [-0.4, -0.2) is 9.78 Å². The van der Waals surface area contributed by atoms with Crippen LogP contribution in [0.3, 0.4) is 0 Å². The van der Waals surface area contributed by atoms with Gasteiger partial charge in [0.15, 0.2) is 0 Å². The molecule has 0 aliphatic rings. The zero-order valence-electron chi connectivity index (χ0n) is 9.24. The van der Waals surface area contributed by atoms with Gasteiger partial charge in [-0.1, -0.05) is 0 Å². The van der Waals surface area contributed by atoms with Crippen LogP contribution in [0.15, 0.2) is 17.6 Å². The number of hydrogen-bond donors (Lipinski definition) is 1. The highest BCUT2D eigenvalue weighted by molar-refractivity contribution is 7.10. The van der Waals surface area contributed by atoms with Crippen LogP contribution in [-0.2, 0) is 13.6 Å². The van der Waals surface area contributed by atoms with Gasteiger partial charge in [-0.15, -0.1) is 11.3 Å². The molecule has 0 spiro atoms. The van der Waals surface area contributed by atoms with Crippen molar-refractivity contribution < 1.29 is 0 Å². The normalized spacial score (nSPS) is 10.6. The summed E-state index contributed by atoms with van der Waals surface area (Å²) in [4.78, 5) is 1.39. The lowest BCUT2D eigenvalue weighted by atomic mass is 10.3. The number of rotatable bonds is 3. The Labute approximate surface area is 93.7 Å². The molecule has 0 aromatic carbocycles. The fourth-order valence-corrected chi connectivity index (χ4v) is 2.38. The van der Waals surface area contributed by atoms with Crippen molar-refractivity contribution in [1.29, 1.82) is 0 Å². The molecule has 80 valence electrons. The van der Waals surface area contributed by atoms with Crippen LogP contribution >= 0.6 is 11.3 Å².